The van der Waals surface area contributed by atoms with Crippen LogP contribution in [0.2, 0.25) is 5.02 Å². The molecular weight excluding hydrogens is 438 g/mol. The Hall–Kier alpha value is -3.65. The Morgan fingerprint density at radius 1 is 1.18 bits per heavy atom. The molecule has 4 aromatic rings. The first kappa shape index (κ1) is 22.5. The summed E-state index contributed by atoms with van der Waals surface area (Å²) in [6.07, 6.45) is 6.15. The number of halogens is 1. The van der Waals surface area contributed by atoms with Crippen LogP contribution in [0.15, 0.2) is 61.2 Å². The van der Waals surface area contributed by atoms with Crippen molar-refractivity contribution in [1.82, 2.24) is 19.9 Å². The Morgan fingerprint density at radius 3 is 2.82 bits per heavy atom. The van der Waals surface area contributed by atoms with E-state index in [1.54, 1.807) is 36.8 Å². The molecule has 0 bridgehead atoms. The molecule has 2 N–H and O–H groups in total. The van der Waals surface area contributed by atoms with Crippen LogP contribution in [0.1, 0.15) is 24.2 Å². The molecule has 3 aromatic heterocycles. The van der Waals surface area contributed by atoms with Crippen LogP contribution in [0, 0.1) is 0 Å². The summed E-state index contributed by atoms with van der Waals surface area (Å²) in [5, 5.41) is 4.30. The van der Waals surface area contributed by atoms with Crippen molar-refractivity contribution in [2.24, 2.45) is 0 Å². The van der Waals surface area contributed by atoms with Gasteiger partial charge in [-0.25, -0.2) is 15.0 Å². The number of benzene rings is 1. The zero-order chi connectivity index (χ0) is 22.1. The Balaban J connectivity index is 0.00000259. The average Bonchev–Trinajstić information content (AvgIpc) is 3.49. The van der Waals surface area contributed by atoms with Crippen molar-refractivity contribution in [3.8, 4) is 0 Å². The molecule has 1 amide bonds. The van der Waals surface area contributed by atoms with Crippen LogP contribution in [0.25, 0.3) is 11.0 Å². The Kier molecular flexibility index (Phi) is 6.46. The van der Waals surface area contributed by atoms with E-state index in [-0.39, 0.29) is 13.3 Å². The third kappa shape index (κ3) is 4.47. The lowest BCUT2D eigenvalue weighted by Gasteiger charge is -2.26. The molecule has 1 aliphatic heterocycles. The predicted molar refractivity (Wildman–Crippen MR) is 133 cm³/mol. The predicted octanol–water partition coefficient (Wildman–Crippen LogP) is 4.61. The molecule has 0 spiro atoms. The fourth-order valence-electron chi connectivity index (χ4n) is 4.06. The molecule has 170 valence electrons. The molecule has 1 aromatic carbocycles. The Bertz CT molecular complexity index is 1260. The van der Waals surface area contributed by atoms with E-state index in [4.69, 9.17) is 11.6 Å². The van der Waals surface area contributed by atoms with Crippen LogP contribution in [-0.4, -0.2) is 52.0 Å². The largest absolute Gasteiger partial charge is 0.355 e. The minimum absolute atomic E-state index is 0. The van der Waals surface area contributed by atoms with Gasteiger partial charge in [0.2, 0.25) is 0 Å². The number of nitrogens with one attached hydrogen (secondary N) is 2. The van der Waals surface area contributed by atoms with E-state index < -0.39 is 0 Å². The first-order chi connectivity index (χ1) is 15.6. The lowest BCUT2D eigenvalue weighted by molar-refractivity contribution is 0.102. The van der Waals surface area contributed by atoms with E-state index in [2.05, 4.69) is 35.1 Å². The second-order valence-electron chi connectivity index (χ2n) is 7.78. The number of fused-ring (bicyclic) bond motifs is 1. The number of aromatic amines is 1. The summed E-state index contributed by atoms with van der Waals surface area (Å²) in [4.78, 5) is 33.4. The monoisotopic (exact) mass is 463 g/mol. The third-order valence-corrected chi connectivity index (χ3v) is 6.16. The number of anilines is 3. The van der Waals surface area contributed by atoms with Crippen molar-refractivity contribution in [1.29, 1.82) is 0 Å². The maximum Gasteiger partial charge on any atom is 0.257 e. The van der Waals surface area contributed by atoms with Crippen LogP contribution in [0.3, 0.4) is 0 Å². The highest BCUT2D eigenvalue weighted by molar-refractivity contribution is 6.34. The smallest absolute Gasteiger partial charge is 0.257 e. The molecule has 8 nitrogen and oxygen atoms in total. The molecule has 1 atom stereocenters. The second kappa shape index (κ2) is 9.46. The summed E-state index contributed by atoms with van der Waals surface area (Å²) >= 11 is 6.11. The van der Waals surface area contributed by atoms with Crippen molar-refractivity contribution in [2.45, 2.75) is 19.9 Å². The molecule has 0 unspecified atom stereocenters. The molecule has 1 aliphatic rings. The van der Waals surface area contributed by atoms with Gasteiger partial charge in [-0.3, -0.25) is 4.79 Å². The normalized spacial score (nSPS) is 15.3. The topological polar surface area (TPSA) is 90.0 Å². The van der Waals surface area contributed by atoms with E-state index in [9.17, 15) is 4.79 Å². The number of carbonyl (C=O) groups is 1. The first-order valence-electron chi connectivity index (χ1n) is 10.4. The van der Waals surface area contributed by atoms with Crippen molar-refractivity contribution < 1.29 is 4.79 Å². The molecule has 0 radical (unpaired) electrons. The van der Waals surface area contributed by atoms with Crippen molar-refractivity contribution in [3.63, 3.8) is 0 Å². The van der Waals surface area contributed by atoms with E-state index in [0.717, 1.165) is 42.2 Å². The zero-order valence-corrected chi connectivity index (χ0v) is 18.3. The van der Waals surface area contributed by atoms with Gasteiger partial charge < -0.3 is 20.1 Å². The lowest BCUT2D eigenvalue weighted by Crippen LogP contribution is -2.35. The van der Waals surface area contributed by atoms with Crippen molar-refractivity contribution >= 4 is 45.9 Å². The van der Waals surface area contributed by atoms with Gasteiger partial charge in [-0.15, -0.1) is 0 Å². The molecule has 5 rings (SSSR count). The van der Waals surface area contributed by atoms with Gasteiger partial charge >= 0.3 is 0 Å². The number of hydrogen-bond acceptors (Lipinski definition) is 6. The zero-order valence-electron chi connectivity index (χ0n) is 17.5. The standard InChI is InChI=1S/C23H22ClN7O.CH4/c1-30(16-9-11-31(13-16)22-18-8-10-25-21(18)27-14-28-22)20-7-6-15(12-26-20)29-23(32)17-4-2-3-5-19(17)24;/h2-8,10,12,14,16H,9,11,13H2,1H3,(H,29,32)(H,25,27,28);1H4/t16-;/m1./s1. The van der Waals surface area contributed by atoms with Gasteiger partial charge in [0, 0.05) is 32.4 Å². The summed E-state index contributed by atoms with van der Waals surface area (Å²) in [7, 11) is 2.05. The molecule has 1 fully saturated rings. The van der Waals surface area contributed by atoms with Crippen LogP contribution < -0.4 is 15.1 Å². The van der Waals surface area contributed by atoms with Gasteiger partial charge in [-0.05, 0) is 36.8 Å². The van der Waals surface area contributed by atoms with Gasteiger partial charge in [-0.2, -0.15) is 0 Å². The molecule has 33 heavy (non-hydrogen) atoms. The van der Waals surface area contributed by atoms with Gasteiger partial charge in [0.1, 0.15) is 23.6 Å². The molecule has 1 saturated heterocycles. The van der Waals surface area contributed by atoms with Crippen LogP contribution >= 0.6 is 11.6 Å². The van der Waals surface area contributed by atoms with Gasteiger partial charge in [0.15, 0.2) is 0 Å². The highest BCUT2D eigenvalue weighted by Gasteiger charge is 2.28. The second-order valence-corrected chi connectivity index (χ2v) is 8.18. The third-order valence-electron chi connectivity index (χ3n) is 5.83. The van der Waals surface area contributed by atoms with Gasteiger partial charge in [0.05, 0.1) is 27.9 Å². The number of nitrogens with zero attached hydrogens (tertiary/aromatic N) is 5. The molecule has 0 saturated carbocycles. The highest BCUT2D eigenvalue weighted by atomic mass is 35.5. The van der Waals surface area contributed by atoms with Crippen LogP contribution in [-0.2, 0) is 0 Å². The summed E-state index contributed by atoms with van der Waals surface area (Å²) in [6, 6.07) is 13.0. The SMILES string of the molecule is C.CN(c1ccc(NC(=O)c2ccccc2Cl)cn1)[C@@H]1CCN(c2ncnc3[nH]ccc23)C1. The highest BCUT2D eigenvalue weighted by Crippen LogP contribution is 2.28. The van der Waals surface area contributed by atoms with Crippen molar-refractivity contribution in [3.05, 3.63) is 71.8 Å². The van der Waals surface area contributed by atoms with Crippen molar-refractivity contribution in [2.75, 3.05) is 35.3 Å². The summed E-state index contributed by atoms with van der Waals surface area (Å²) in [6.45, 7) is 1.76. The number of rotatable bonds is 5. The number of hydrogen-bond donors (Lipinski definition) is 2. The fourth-order valence-corrected chi connectivity index (χ4v) is 4.28. The molecule has 9 heteroatoms. The first-order valence-corrected chi connectivity index (χ1v) is 10.8. The lowest BCUT2D eigenvalue weighted by atomic mass is 10.2. The number of amides is 1. The summed E-state index contributed by atoms with van der Waals surface area (Å²) in [5.41, 5.74) is 1.90. The molecule has 0 aliphatic carbocycles. The van der Waals surface area contributed by atoms with E-state index >= 15 is 0 Å². The number of H-pyrrole nitrogens is 1. The number of carbonyl (C=O) groups excluding carboxylic acids is 1. The molecular formula is C24H26ClN7O. The maximum atomic E-state index is 12.5. The van der Waals surface area contributed by atoms with Gasteiger partial charge in [0.25, 0.3) is 5.91 Å². The van der Waals surface area contributed by atoms with Crippen LogP contribution in [0.5, 0.6) is 0 Å². The van der Waals surface area contributed by atoms with E-state index in [1.165, 1.54) is 0 Å². The quantitative estimate of drug-likeness (QED) is 0.449. The number of pyridine rings is 1. The minimum Gasteiger partial charge on any atom is -0.355 e. The fraction of sp³-hybridized carbons (Fsp3) is 0.250. The molecule has 4 heterocycles. The summed E-state index contributed by atoms with van der Waals surface area (Å²) in [5.74, 6) is 1.55. The Morgan fingerprint density at radius 2 is 2.03 bits per heavy atom. The van der Waals surface area contributed by atoms with Gasteiger partial charge in [-0.1, -0.05) is 31.2 Å². The minimum atomic E-state index is -0.258. The number of likely N-dealkylation sites (N-methyl/N-ethyl adjacent to an activating group) is 1. The maximum absolute atomic E-state index is 12.5. The summed E-state index contributed by atoms with van der Waals surface area (Å²) < 4.78 is 0. The van der Waals surface area contributed by atoms with E-state index in [0.29, 0.717) is 22.3 Å². The van der Waals surface area contributed by atoms with Crippen LogP contribution in [0.4, 0.5) is 17.3 Å². The Labute approximate surface area is 197 Å². The average molecular weight is 464 g/mol. The van der Waals surface area contributed by atoms with E-state index in [1.807, 2.05) is 31.4 Å². The number of aromatic nitrogens is 4.